The zero-order chi connectivity index (χ0) is 15.9. The maximum atomic E-state index is 4.90. The summed E-state index contributed by atoms with van der Waals surface area (Å²) < 4.78 is 0. The molecule has 120 valence electrons. The molecule has 2 aromatic heterocycles. The van der Waals surface area contributed by atoms with Gasteiger partial charge in [0.25, 0.3) is 0 Å². The first-order chi connectivity index (χ1) is 11.9. The van der Waals surface area contributed by atoms with Gasteiger partial charge in [0.15, 0.2) is 0 Å². The summed E-state index contributed by atoms with van der Waals surface area (Å²) in [5.41, 5.74) is 7.31. The highest BCUT2D eigenvalue weighted by molar-refractivity contribution is 6.16. The van der Waals surface area contributed by atoms with E-state index in [1.165, 1.54) is 29.5 Å². The Morgan fingerprint density at radius 2 is 2.17 bits per heavy atom. The summed E-state index contributed by atoms with van der Waals surface area (Å²) in [6, 6.07) is 11.4. The summed E-state index contributed by atoms with van der Waals surface area (Å²) in [6.45, 7) is 1.97. The van der Waals surface area contributed by atoms with Crippen molar-refractivity contribution in [3.63, 3.8) is 0 Å². The number of fused-ring (bicyclic) bond motifs is 2. The predicted octanol–water partition coefficient (Wildman–Crippen LogP) is 3.38. The fourth-order valence-electron chi connectivity index (χ4n) is 4.03. The average Bonchev–Trinajstić information content (AvgIpc) is 3.31. The Kier molecular flexibility index (Phi) is 3.23. The van der Waals surface area contributed by atoms with Gasteiger partial charge in [-0.3, -0.25) is 4.99 Å². The quantitative estimate of drug-likeness (QED) is 0.761. The topological polar surface area (TPSA) is 53.1 Å². The number of rotatable bonds is 2. The highest BCUT2D eigenvalue weighted by atomic mass is 14.9. The van der Waals surface area contributed by atoms with Crippen LogP contribution < -0.4 is 5.32 Å². The van der Waals surface area contributed by atoms with Crippen LogP contribution in [0.15, 0.2) is 47.7 Å². The van der Waals surface area contributed by atoms with Gasteiger partial charge in [-0.25, -0.2) is 4.98 Å². The number of nitrogens with one attached hydrogen (secondary N) is 2. The van der Waals surface area contributed by atoms with Gasteiger partial charge in [0.05, 0.1) is 5.71 Å². The van der Waals surface area contributed by atoms with Gasteiger partial charge >= 0.3 is 0 Å². The van der Waals surface area contributed by atoms with Crippen molar-refractivity contribution in [3.8, 4) is 0 Å². The highest BCUT2D eigenvalue weighted by Crippen LogP contribution is 2.32. The molecule has 3 aromatic rings. The molecule has 24 heavy (non-hydrogen) atoms. The van der Waals surface area contributed by atoms with Gasteiger partial charge in [-0.1, -0.05) is 18.2 Å². The van der Waals surface area contributed by atoms with E-state index in [-0.39, 0.29) is 0 Å². The van der Waals surface area contributed by atoms with Crippen molar-refractivity contribution in [2.24, 2.45) is 4.99 Å². The lowest BCUT2D eigenvalue weighted by Gasteiger charge is -2.23. The number of hydrogen-bond donors (Lipinski definition) is 2. The predicted molar refractivity (Wildman–Crippen MR) is 96.7 cm³/mol. The second kappa shape index (κ2) is 5.56. The maximum absolute atomic E-state index is 4.90. The fraction of sp³-hybridized carbons (Fsp3) is 0.300. The smallest absolute Gasteiger partial charge is 0.137 e. The largest absolute Gasteiger partial charge is 0.346 e. The first-order valence-electron chi connectivity index (χ1n) is 8.74. The van der Waals surface area contributed by atoms with Crippen LogP contribution in [-0.4, -0.2) is 28.8 Å². The van der Waals surface area contributed by atoms with Crippen molar-refractivity contribution in [1.29, 1.82) is 0 Å². The molecule has 5 rings (SSSR count). The molecule has 0 saturated carbocycles. The average molecular weight is 316 g/mol. The van der Waals surface area contributed by atoms with E-state index in [9.17, 15) is 0 Å². The van der Waals surface area contributed by atoms with Crippen LogP contribution in [0.3, 0.4) is 0 Å². The van der Waals surface area contributed by atoms with Gasteiger partial charge in [0, 0.05) is 41.5 Å². The molecule has 1 fully saturated rings. The molecular formula is C20H20N4. The molecule has 1 saturated heterocycles. The van der Waals surface area contributed by atoms with Crippen molar-refractivity contribution < 1.29 is 0 Å². The standard InChI is InChI=1S/C20H20N4/c1-3-13-6-9-22-19(15-11-14-7-10-23-20(14)24-12-15)18(13)16(4-1)17-5-2-8-21-17/h1,3-4,7,10-12,17,21H,2,5-6,8-9H2,(H,23,24)/t17-/m0/s1. The van der Waals surface area contributed by atoms with E-state index in [0.29, 0.717) is 6.04 Å². The summed E-state index contributed by atoms with van der Waals surface area (Å²) >= 11 is 0. The molecule has 0 aliphatic carbocycles. The van der Waals surface area contributed by atoms with Crippen LogP contribution in [0.2, 0.25) is 0 Å². The number of hydrogen-bond acceptors (Lipinski definition) is 3. The molecule has 0 spiro atoms. The van der Waals surface area contributed by atoms with Crippen LogP contribution >= 0.6 is 0 Å². The summed E-state index contributed by atoms with van der Waals surface area (Å²) in [5, 5.41) is 4.78. The Hall–Kier alpha value is -2.46. The third-order valence-electron chi connectivity index (χ3n) is 5.18. The van der Waals surface area contributed by atoms with Crippen molar-refractivity contribution in [1.82, 2.24) is 15.3 Å². The highest BCUT2D eigenvalue weighted by Gasteiger charge is 2.25. The van der Waals surface area contributed by atoms with Gasteiger partial charge < -0.3 is 10.3 Å². The van der Waals surface area contributed by atoms with Crippen molar-refractivity contribution in [3.05, 3.63) is 65.0 Å². The number of H-pyrrole nitrogens is 1. The Balaban J connectivity index is 1.67. The number of aromatic amines is 1. The summed E-state index contributed by atoms with van der Waals surface area (Å²) in [4.78, 5) is 12.6. The van der Waals surface area contributed by atoms with Crippen molar-refractivity contribution in [2.45, 2.75) is 25.3 Å². The Bertz CT molecular complexity index is 932. The van der Waals surface area contributed by atoms with Gasteiger partial charge in [-0.15, -0.1) is 0 Å². The number of pyridine rings is 1. The Morgan fingerprint density at radius 3 is 3.08 bits per heavy atom. The van der Waals surface area contributed by atoms with Crippen LogP contribution in [0.1, 0.15) is 41.1 Å². The Morgan fingerprint density at radius 1 is 1.17 bits per heavy atom. The summed E-state index contributed by atoms with van der Waals surface area (Å²) in [7, 11) is 0. The molecule has 2 aliphatic rings. The van der Waals surface area contributed by atoms with Crippen LogP contribution in [0.25, 0.3) is 11.0 Å². The lowest BCUT2D eigenvalue weighted by atomic mass is 9.86. The van der Waals surface area contributed by atoms with Crippen molar-refractivity contribution in [2.75, 3.05) is 13.1 Å². The second-order valence-corrected chi connectivity index (χ2v) is 6.65. The van der Waals surface area contributed by atoms with Crippen LogP contribution in [0.5, 0.6) is 0 Å². The van der Waals surface area contributed by atoms with Crippen LogP contribution in [0.4, 0.5) is 0 Å². The molecule has 4 nitrogen and oxygen atoms in total. The molecule has 0 radical (unpaired) electrons. The molecule has 1 atom stereocenters. The van der Waals surface area contributed by atoms with Crippen LogP contribution in [-0.2, 0) is 6.42 Å². The number of benzene rings is 1. The van der Waals surface area contributed by atoms with Gasteiger partial charge in [-0.05, 0) is 49.1 Å². The first-order valence-corrected chi connectivity index (χ1v) is 8.74. The minimum atomic E-state index is 0.451. The number of aromatic nitrogens is 2. The molecule has 2 N–H and O–H groups in total. The molecule has 0 bridgehead atoms. The minimum absolute atomic E-state index is 0.451. The molecular weight excluding hydrogens is 296 g/mol. The first kappa shape index (κ1) is 13.9. The molecule has 2 aliphatic heterocycles. The molecule has 4 heterocycles. The monoisotopic (exact) mass is 316 g/mol. The third kappa shape index (κ3) is 2.18. The van der Waals surface area contributed by atoms with Gasteiger partial charge in [-0.2, -0.15) is 0 Å². The van der Waals surface area contributed by atoms with E-state index in [2.05, 4.69) is 45.6 Å². The van der Waals surface area contributed by atoms with Gasteiger partial charge in [0.2, 0.25) is 0 Å². The van der Waals surface area contributed by atoms with E-state index >= 15 is 0 Å². The minimum Gasteiger partial charge on any atom is -0.346 e. The van der Waals surface area contributed by atoms with Crippen LogP contribution in [0, 0.1) is 0 Å². The third-order valence-corrected chi connectivity index (χ3v) is 5.18. The van der Waals surface area contributed by atoms with E-state index in [0.717, 1.165) is 41.8 Å². The SMILES string of the molecule is c1cc2c(c([C@@H]3CCCN3)c1)C(c1cnc3[nH]ccc3c1)=NCC2. The zero-order valence-corrected chi connectivity index (χ0v) is 13.5. The summed E-state index contributed by atoms with van der Waals surface area (Å²) in [6.07, 6.45) is 7.37. The zero-order valence-electron chi connectivity index (χ0n) is 13.5. The molecule has 0 amide bonds. The second-order valence-electron chi connectivity index (χ2n) is 6.65. The molecule has 0 unspecified atom stereocenters. The lowest BCUT2D eigenvalue weighted by molar-refractivity contribution is 0.644. The Labute approximate surface area is 141 Å². The molecule has 4 heteroatoms. The summed E-state index contributed by atoms with van der Waals surface area (Å²) in [5.74, 6) is 0. The maximum Gasteiger partial charge on any atom is 0.137 e. The van der Waals surface area contributed by atoms with E-state index < -0.39 is 0 Å². The number of nitrogens with zero attached hydrogens (tertiary/aromatic N) is 2. The van der Waals surface area contributed by atoms with E-state index in [1.54, 1.807) is 0 Å². The van der Waals surface area contributed by atoms with Gasteiger partial charge in [0.1, 0.15) is 5.65 Å². The number of aliphatic imine (C=N–C) groups is 1. The van der Waals surface area contributed by atoms with Crippen molar-refractivity contribution >= 4 is 16.7 Å². The lowest BCUT2D eigenvalue weighted by Crippen LogP contribution is -2.22. The fourth-order valence-corrected chi connectivity index (χ4v) is 4.03. The normalized spacial score (nSPS) is 20.2. The van der Waals surface area contributed by atoms with E-state index in [1.807, 2.05) is 12.4 Å². The molecule has 1 aromatic carbocycles. The van der Waals surface area contributed by atoms with E-state index in [4.69, 9.17) is 4.99 Å².